The van der Waals surface area contributed by atoms with Crippen molar-refractivity contribution >= 4 is 27.3 Å². The minimum Gasteiger partial charge on any atom is -0.495 e. The van der Waals surface area contributed by atoms with Gasteiger partial charge < -0.3 is 14.8 Å². The summed E-state index contributed by atoms with van der Waals surface area (Å²) >= 11 is 0. The molecule has 0 aliphatic carbocycles. The molecule has 4 aromatic carbocycles. The summed E-state index contributed by atoms with van der Waals surface area (Å²) in [6.07, 6.45) is 0. The number of nitrogens with one attached hydrogen (secondary N) is 1. The van der Waals surface area contributed by atoms with Gasteiger partial charge in [-0.15, -0.1) is 0 Å². The molecule has 4 aromatic rings. The number of rotatable bonds is 10. The first-order valence-corrected chi connectivity index (χ1v) is 13.5. The van der Waals surface area contributed by atoms with Gasteiger partial charge in [0.2, 0.25) is 5.91 Å². The molecule has 0 spiro atoms. The van der Waals surface area contributed by atoms with Crippen molar-refractivity contribution in [2.75, 3.05) is 23.3 Å². The number of aryl methyl sites for hydroxylation is 2. The summed E-state index contributed by atoms with van der Waals surface area (Å²) in [4.78, 5) is 13.1. The van der Waals surface area contributed by atoms with Crippen LogP contribution in [0.5, 0.6) is 11.5 Å². The topological polar surface area (TPSA) is 84.9 Å². The molecule has 0 aliphatic rings. The van der Waals surface area contributed by atoms with E-state index in [0.717, 1.165) is 21.0 Å². The lowest BCUT2D eigenvalue weighted by atomic mass is 10.2. The monoisotopic (exact) mass is 530 g/mol. The van der Waals surface area contributed by atoms with Crippen LogP contribution in [0.1, 0.15) is 16.7 Å². The van der Waals surface area contributed by atoms with E-state index in [2.05, 4.69) is 5.32 Å². The molecule has 0 saturated heterocycles. The Labute approximate surface area is 223 Å². The number of sulfonamides is 1. The van der Waals surface area contributed by atoms with Gasteiger partial charge in [0.25, 0.3) is 10.0 Å². The summed E-state index contributed by atoms with van der Waals surface area (Å²) in [5, 5.41) is 2.79. The number of carbonyl (C=O) groups is 1. The minimum atomic E-state index is -4.13. The molecule has 0 fully saturated rings. The van der Waals surface area contributed by atoms with Crippen LogP contribution in [0.4, 0.5) is 11.4 Å². The standard InChI is InChI=1S/C30H30N2O5S/c1-22-9-14-26(15-10-22)32(38(34,35)29-19-23(2)11-18-28(29)36-3)20-30(33)31-25-12-16-27(17-13-25)37-21-24-7-5-4-6-8-24/h4-19H,20-21H2,1-3H3,(H,31,33). The van der Waals surface area contributed by atoms with Crippen LogP contribution in [0.15, 0.2) is 102 Å². The largest absolute Gasteiger partial charge is 0.495 e. The second-order valence-electron chi connectivity index (χ2n) is 8.85. The number of anilines is 2. The van der Waals surface area contributed by atoms with Crippen molar-refractivity contribution in [1.82, 2.24) is 0 Å². The van der Waals surface area contributed by atoms with Crippen LogP contribution in [0.3, 0.4) is 0 Å². The van der Waals surface area contributed by atoms with Gasteiger partial charge in [-0.3, -0.25) is 9.10 Å². The van der Waals surface area contributed by atoms with Crippen molar-refractivity contribution in [2.45, 2.75) is 25.3 Å². The summed E-state index contributed by atoms with van der Waals surface area (Å²) in [6, 6.07) is 28.6. The predicted molar refractivity (Wildman–Crippen MR) is 149 cm³/mol. The van der Waals surface area contributed by atoms with E-state index in [1.165, 1.54) is 7.11 Å². The van der Waals surface area contributed by atoms with Crippen molar-refractivity contribution < 1.29 is 22.7 Å². The fourth-order valence-corrected chi connectivity index (χ4v) is 5.50. The zero-order valence-electron chi connectivity index (χ0n) is 21.5. The van der Waals surface area contributed by atoms with Crippen LogP contribution in [0, 0.1) is 13.8 Å². The number of hydrogen-bond donors (Lipinski definition) is 1. The van der Waals surface area contributed by atoms with Crippen molar-refractivity contribution in [3.8, 4) is 11.5 Å². The molecule has 4 rings (SSSR count). The van der Waals surface area contributed by atoms with Gasteiger partial charge in [-0.05, 0) is 73.5 Å². The third-order valence-electron chi connectivity index (χ3n) is 5.88. The molecule has 0 heterocycles. The van der Waals surface area contributed by atoms with Crippen LogP contribution >= 0.6 is 0 Å². The Hall–Kier alpha value is -4.30. The first-order valence-electron chi connectivity index (χ1n) is 12.1. The van der Waals surface area contributed by atoms with Gasteiger partial charge in [-0.2, -0.15) is 0 Å². The van der Waals surface area contributed by atoms with Crippen molar-refractivity contribution in [2.24, 2.45) is 0 Å². The Balaban J connectivity index is 1.53. The maximum absolute atomic E-state index is 13.8. The second kappa shape index (κ2) is 11.8. The molecule has 38 heavy (non-hydrogen) atoms. The van der Waals surface area contributed by atoms with Gasteiger partial charge in [-0.1, -0.05) is 54.1 Å². The Morgan fingerprint density at radius 2 is 1.50 bits per heavy atom. The molecule has 196 valence electrons. The fourth-order valence-electron chi connectivity index (χ4n) is 3.84. The number of benzene rings is 4. The molecule has 0 aliphatic heterocycles. The quantitative estimate of drug-likeness (QED) is 0.283. The maximum atomic E-state index is 13.8. The highest BCUT2D eigenvalue weighted by atomic mass is 32.2. The highest BCUT2D eigenvalue weighted by molar-refractivity contribution is 7.93. The first-order chi connectivity index (χ1) is 18.3. The minimum absolute atomic E-state index is 0.00621. The number of ether oxygens (including phenoxy) is 2. The number of carbonyl (C=O) groups excluding carboxylic acids is 1. The van der Waals surface area contributed by atoms with Crippen LogP contribution in [0.2, 0.25) is 0 Å². The molecule has 7 nitrogen and oxygen atoms in total. The van der Waals surface area contributed by atoms with E-state index in [9.17, 15) is 13.2 Å². The predicted octanol–water partition coefficient (Wildman–Crippen LogP) is 5.73. The molecule has 0 aromatic heterocycles. The lowest BCUT2D eigenvalue weighted by Gasteiger charge is -2.25. The first kappa shape index (κ1) is 26.8. The lowest BCUT2D eigenvalue weighted by Crippen LogP contribution is -2.38. The van der Waals surface area contributed by atoms with E-state index in [1.807, 2.05) is 37.3 Å². The Morgan fingerprint density at radius 1 is 0.842 bits per heavy atom. The van der Waals surface area contributed by atoms with E-state index in [4.69, 9.17) is 9.47 Å². The van der Waals surface area contributed by atoms with Gasteiger partial charge >= 0.3 is 0 Å². The number of methoxy groups -OCH3 is 1. The number of amides is 1. The molecule has 8 heteroatoms. The average molecular weight is 531 g/mol. The zero-order valence-corrected chi connectivity index (χ0v) is 22.4. The van der Waals surface area contributed by atoms with Gasteiger partial charge in [0.15, 0.2) is 0 Å². The van der Waals surface area contributed by atoms with Crippen LogP contribution in [0.25, 0.3) is 0 Å². The molecular weight excluding hydrogens is 500 g/mol. The zero-order chi connectivity index (χ0) is 27.1. The van der Waals surface area contributed by atoms with E-state index in [0.29, 0.717) is 23.7 Å². The van der Waals surface area contributed by atoms with E-state index >= 15 is 0 Å². The summed E-state index contributed by atoms with van der Waals surface area (Å²) < 4.78 is 39.9. The van der Waals surface area contributed by atoms with Gasteiger partial charge in [0, 0.05) is 5.69 Å². The Bertz CT molecular complexity index is 1490. The van der Waals surface area contributed by atoms with Gasteiger partial charge in [0.1, 0.15) is 29.5 Å². The van der Waals surface area contributed by atoms with Crippen LogP contribution in [-0.4, -0.2) is 28.0 Å². The van der Waals surface area contributed by atoms with Crippen LogP contribution < -0.4 is 19.1 Å². The Kier molecular flexibility index (Phi) is 8.33. The molecular formula is C30H30N2O5S. The molecule has 0 radical (unpaired) electrons. The summed E-state index contributed by atoms with van der Waals surface area (Å²) in [5.41, 5.74) is 3.67. The smallest absolute Gasteiger partial charge is 0.268 e. The van der Waals surface area contributed by atoms with Crippen molar-refractivity contribution in [1.29, 1.82) is 0 Å². The maximum Gasteiger partial charge on any atom is 0.268 e. The molecule has 0 saturated carbocycles. The van der Waals surface area contributed by atoms with Gasteiger partial charge in [-0.25, -0.2) is 8.42 Å². The van der Waals surface area contributed by atoms with Crippen LogP contribution in [-0.2, 0) is 21.4 Å². The molecule has 0 atom stereocenters. The second-order valence-corrected chi connectivity index (χ2v) is 10.7. The normalized spacial score (nSPS) is 11.0. The van der Waals surface area contributed by atoms with Crippen molar-refractivity contribution in [3.63, 3.8) is 0 Å². The lowest BCUT2D eigenvalue weighted by molar-refractivity contribution is -0.114. The van der Waals surface area contributed by atoms with Crippen molar-refractivity contribution in [3.05, 3.63) is 114 Å². The van der Waals surface area contributed by atoms with E-state index < -0.39 is 22.5 Å². The molecule has 1 N–H and O–H groups in total. The Morgan fingerprint density at radius 3 is 2.16 bits per heavy atom. The summed E-state index contributed by atoms with van der Waals surface area (Å²) in [6.45, 7) is 3.72. The molecule has 0 bridgehead atoms. The fraction of sp³-hybridized carbons (Fsp3) is 0.167. The highest BCUT2D eigenvalue weighted by Gasteiger charge is 2.30. The third kappa shape index (κ3) is 6.52. The van der Waals surface area contributed by atoms with E-state index in [-0.39, 0.29) is 10.6 Å². The molecule has 0 unspecified atom stereocenters. The summed E-state index contributed by atoms with van der Waals surface area (Å²) in [7, 11) is -2.72. The third-order valence-corrected chi connectivity index (χ3v) is 7.68. The van der Waals surface area contributed by atoms with E-state index in [1.54, 1.807) is 73.7 Å². The average Bonchev–Trinajstić information content (AvgIpc) is 2.92. The SMILES string of the molecule is COc1ccc(C)cc1S(=O)(=O)N(CC(=O)Nc1ccc(OCc2ccccc2)cc1)c1ccc(C)cc1. The highest BCUT2D eigenvalue weighted by Crippen LogP contribution is 2.31. The number of hydrogen-bond acceptors (Lipinski definition) is 5. The summed E-state index contributed by atoms with van der Waals surface area (Å²) in [5.74, 6) is 0.375. The molecule has 1 amide bonds. The van der Waals surface area contributed by atoms with Gasteiger partial charge in [0.05, 0.1) is 12.8 Å². The number of nitrogens with zero attached hydrogens (tertiary/aromatic N) is 1.